The highest BCUT2D eigenvalue weighted by Crippen LogP contribution is 2.45. The minimum Gasteiger partial charge on any atom is -0.377 e. The Bertz CT molecular complexity index is 658. The highest BCUT2D eigenvalue weighted by Gasteiger charge is 2.53. The van der Waals surface area contributed by atoms with Crippen molar-refractivity contribution in [2.75, 3.05) is 6.61 Å². The molecule has 0 unspecified atom stereocenters. The Morgan fingerprint density at radius 1 is 1.35 bits per heavy atom. The summed E-state index contributed by atoms with van der Waals surface area (Å²) >= 11 is 0. The molecule has 2 heterocycles. The number of fused-ring (bicyclic) bond motifs is 1. The maximum absolute atomic E-state index is 12.3. The van der Waals surface area contributed by atoms with Crippen molar-refractivity contribution in [1.82, 2.24) is 20.3 Å². The zero-order chi connectivity index (χ0) is 15.6. The molecule has 1 aromatic carbocycles. The van der Waals surface area contributed by atoms with E-state index in [1.165, 1.54) is 5.56 Å². The molecule has 1 saturated carbocycles. The van der Waals surface area contributed by atoms with E-state index in [0.29, 0.717) is 11.8 Å². The Balaban J connectivity index is 1.42. The van der Waals surface area contributed by atoms with Crippen LogP contribution in [0.4, 0.5) is 0 Å². The third kappa shape index (κ3) is 2.86. The third-order valence-electron chi connectivity index (χ3n) is 4.95. The molecule has 1 aromatic heterocycles. The zero-order valence-corrected chi connectivity index (χ0v) is 12.8. The van der Waals surface area contributed by atoms with Crippen LogP contribution >= 0.6 is 0 Å². The number of amides is 1. The minimum atomic E-state index is -0.0103. The number of carbonyl (C=O) groups is 1. The third-order valence-corrected chi connectivity index (χ3v) is 4.95. The van der Waals surface area contributed by atoms with Gasteiger partial charge in [-0.05, 0) is 18.4 Å². The summed E-state index contributed by atoms with van der Waals surface area (Å²) in [4.78, 5) is 12.3. The van der Waals surface area contributed by atoms with Gasteiger partial charge in [-0.3, -0.25) is 4.79 Å². The van der Waals surface area contributed by atoms with Crippen molar-refractivity contribution in [3.8, 4) is 0 Å². The number of hydrogen-bond donors (Lipinski definition) is 1. The Labute approximate surface area is 134 Å². The number of nitrogens with zero attached hydrogens (tertiary/aromatic N) is 3. The van der Waals surface area contributed by atoms with Gasteiger partial charge >= 0.3 is 0 Å². The molecule has 23 heavy (non-hydrogen) atoms. The van der Waals surface area contributed by atoms with Crippen molar-refractivity contribution < 1.29 is 9.53 Å². The number of nitrogens with one attached hydrogen (secondary N) is 1. The average molecular weight is 312 g/mol. The van der Waals surface area contributed by atoms with Crippen molar-refractivity contribution in [1.29, 1.82) is 0 Å². The predicted molar refractivity (Wildman–Crippen MR) is 83.4 cm³/mol. The van der Waals surface area contributed by atoms with Gasteiger partial charge in [0.05, 0.1) is 12.3 Å². The van der Waals surface area contributed by atoms with E-state index < -0.39 is 0 Å². The van der Waals surface area contributed by atoms with Crippen LogP contribution in [0.3, 0.4) is 0 Å². The molecule has 4 rings (SSSR count). The molecule has 1 saturated heterocycles. The molecule has 2 aromatic rings. The lowest BCUT2D eigenvalue weighted by Crippen LogP contribution is -2.62. The monoisotopic (exact) mass is 312 g/mol. The highest BCUT2D eigenvalue weighted by atomic mass is 16.5. The lowest BCUT2D eigenvalue weighted by molar-refractivity contribution is -0.128. The molecule has 2 fully saturated rings. The van der Waals surface area contributed by atoms with E-state index in [4.69, 9.17) is 4.74 Å². The zero-order valence-electron chi connectivity index (χ0n) is 12.8. The van der Waals surface area contributed by atoms with E-state index in [9.17, 15) is 4.79 Å². The first-order valence-electron chi connectivity index (χ1n) is 8.10. The molecule has 1 amide bonds. The van der Waals surface area contributed by atoms with Crippen LogP contribution in [-0.2, 0) is 22.5 Å². The average Bonchev–Trinajstić information content (AvgIpc) is 3.21. The van der Waals surface area contributed by atoms with E-state index in [2.05, 4.69) is 39.9 Å². The van der Waals surface area contributed by atoms with E-state index in [1.807, 2.05) is 6.07 Å². The summed E-state index contributed by atoms with van der Waals surface area (Å²) in [6.07, 6.45) is 5.53. The Hall–Kier alpha value is -2.21. The first-order chi connectivity index (χ1) is 11.3. The topological polar surface area (TPSA) is 69.0 Å². The molecule has 6 heteroatoms. The van der Waals surface area contributed by atoms with Gasteiger partial charge in [0.25, 0.3) is 0 Å². The summed E-state index contributed by atoms with van der Waals surface area (Å²) in [5, 5.41) is 10.8. The maximum Gasteiger partial charge on any atom is 0.242 e. The van der Waals surface area contributed by atoms with Gasteiger partial charge in [0.2, 0.25) is 5.91 Å². The van der Waals surface area contributed by atoms with Crippen molar-refractivity contribution in [3.63, 3.8) is 0 Å². The number of aromatic nitrogens is 3. The summed E-state index contributed by atoms with van der Waals surface area (Å²) in [7, 11) is 0. The van der Waals surface area contributed by atoms with Crippen LogP contribution in [0, 0.1) is 11.8 Å². The van der Waals surface area contributed by atoms with Gasteiger partial charge < -0.3 is 10.1 Å². The molecular formula is C17H20N4O2. The fraction of sp³-hybridized carbons (Fsp3) is 0.471. The number of rotatable bonds is 5. The van der Waals surface area contributed by atoms with E-state index in [0.717, 1.165) is 19.4 Å². The normalized spacial score (nSPS) is 28.9. The molecule has 120 valence electrons. The SMILES string of the molecule is O=C(Cn1ccnn1)N[C@@H]1[C@H]2CCO[C@H]2[C@H]1Cc1ccccc1. The molecule has 2 aliphatic rings. The fourth-order valence-electron chi connectivity index (χ4n) is 3.87. The molecule has 1 aliphatic carbocycles. The van der Waals surface area contributed by atoms with Gasteiger partial charge in [0, 0.05) is 30.7 Å². The number of ether oxygens (including phenoxy) is 1. The van der Waals surface area contributed by atoms with Crippen LogP contribution in [0.2, 0.25) is 0 Å². The first kappa shape index (κ1) is 14.4. The van der Waals surface area contributed by atoms with E-state index in [-0.39, 0.29) is 24.6 Å². The lowest BCUT2D eigenvalue weighted by Gasteiger charge is -2.48. The van der Waals surface area contributed by atoms with Gasteiger partial charge in [0.15, 0.2) is 0 Å². The second-order valence-corrected chi connectivity index (χ2v) is 6.34. The molecule has 0 spiro atoms. The van der Waals surface area contributed by atoms with Crippen LogP contribution in [-0.4, -0.2) is 39.7 Å². The number of hydrogen-bond acceptors (Lipinski definition) is 4. The Kier molecular flexibility index (Phi) is 3.83. The highest BCUT2D eigenvalue weighted by molar-refractivity contribution is 5.76. The van der Waals surface area contributed by atoms with E-state index in [1.54, 1.807) is 17.1 Å². The van der Waals surface area contributed by atoms with Gasteiger partial charge in [0.1, 0.15) is 6.54 Å². The summed E-state index contributed by atoms with van der Waals surface area (Å²) in [5.41, 5.74) is 1.29. The molecule has 1 aliphatic heterocycles. The molecular weight excluding hydrogens is 292 g/mol. The molecule has 1 N–H and O–H groups in total. The van der Waals surface area contributed by atoms with Gasteiger partial charge in [-0.2, -0.15) is 0 Å². The standard InChI is InChI=1S/C17H20N4O2/c22-15(11-21-8-7-18-20-21)19-16-13-6-9-23-17(13)14(16)10-12-4-2-1-3-5-12/h1-5,7-8,13-14,16-17H,6,9-11H2,(H,19,22)/t13-,14+,16-,17-/m1/s1. The summed E-state index contributed by atoms with van der Waals surface area (Å²) in [6, 6.07) is 10.6. The second-order valence-electron chi connectivity index (χ2n) is 6.34. The summed E-state index contributed by atoms with van der Waals surface area (Å²) in [6.45, 7) is 1.02. The Morgan fingerprint density at radius 2 is 2.22 bits per heavy atom. The number of carbonyl (C=O) groups excluding carboxylic acids is 1. The maximum atomic E-state index is 12.3. The van der Waals surface area contributed by atoms with Gasteiger partial charge in [-0.15, -0.1) is 5.10 Å². The van der Waals surface area contributed by atoms with Crippen LogP contribution in [0.25, 0.3) is 0 Å². The smallest absolute Gasteiger partial charge is 0.242 e. The van der Waals surface area contributed by atoms with Gasteiger partial charge in [-0.25, -0.2) is 4.68 Å². The molecule has 0 bridgehead atoms. The number of benzene rings is 1. The Morgan fingerprint density at radius 3 is 3.00 bits per heavy atom. The van der Waals surface area contributed by atoms with E-state index >= 15 is 0 Å². The van der Waals surface area contributed by atoms with Crippen LogP contribution < -0.4 is 5.32 Å². The van der Waals surface area contributed by atoms with Crippen LogP contribution in [0.15, 0.2) is 42.7 Å². The minimum absolute atomic E-state index is 0.0103. The van der Waals surface area contributed by atoms with Crippen LogP contribution in [0.5, 0.6) is 0 Å². The van der Waals surface area contributed by atoms with Crippen molar-refractivity contribution in [2.45, 2.75) is 31.5 Å². The van der Waals surface area contributed by atoms with Crippen molar-refractivity contribution in [3.05, 3.63) is 48.3 Å². The molecule has 0 radical (unpaired) electrons. The molecule has 4 atom stereocenters. The van der Waals surface area contributed by atoms with Gasteiger partial charge in [-0.1, -0.05) is 35.5 Å². The second kappa shape index (κ2) is 6.12. The van der Waals surface area contributed by atoms with Crippen molar-refractivity contribution >= 4 is 5.91 Å². The summed E-state index contributed by atoms with van der Waals surface area (Å²) in [5.74, 6) is 0.789. The molecule has 6 nitrogen and oxygen atoms in total. The lowest BCUT2D eigenvalue weighted by atomic mass is 9.64. The largest absolute Gasteiger partial charge is 0.377 e. The first-order valence-corrected chi connectivity index (χ1v) is 8.10. The summed E-state index contributed by atoms with van der Waals surface area (Å²) < 4.78 is 7.42. The van der Waals surface area contributed by atoms with Crippen LogP contribution in [0.1, 0.15) is 12.0 Å². The quantitative estimate of drug-likeness (QED) is 0.896. The van der Waals surface area contributed by atoms with Crippen molar-refractivity contribution in [2.24, 2.45) is 11.8 Å². The predicted octanol–water partition coefficient (Wildman–Crippen LogP) is 1.04. The fourth-order valence-corrected chi connectivity index (χ4v) is 3.87.